The number of fused-ring (bicyclic) bond motifs is 1. The Hall–Kier alpha value is -2.28. The number of benzene rings is 1. The summed E-state index contributed by atoms with van der Waals surface area (Å²) in [5, 5.41) is 7.99. The molecule has 0 bridgehead atoms. The van der Waals surface area contributed by atoms with Gasteiger partial charge in [0.05, 0.1) is 19.7 Å². The summed E-state index contributed by atoms with van der Waals surface area (Å²) < 4.78 is 11.0. The summed E-state index contributed by atoms with van der Waals surface area (Å²) in [5.41, 5.74) is 0.839. The van der Waals surface area contributed by atoms with Gasteiger partial charge in [-0.1, -0.05) is 13.8 Å². The summed E-state index contributed by atoms with van der Waals surface area (Å²) in [6.45, 7) is 11.9. The van der Waals surface area contributed by atoms with Crippen LogP contribution in [0.2, 0.25) is 0 Å². The molecular formula is C22H35N5O2. The topological polar surface area (TPSA) is 71.5 Å². The smallest absolute Gasteiger partial charge is 0.225 e. The van der Waals surface area contributed by atoms with E-state index in [-0.39, 0.29) is 0 Å². The average molecular weight is 402 g/mol. The molecule has 0 amide bonds. The van der Waals surface area contributed by atoms with E-state index in [1.165, 1.54) is 0 Å². The Balaban J connectivity index is 1.92. The maximum absolute atomic E-state index is 5.51. The maximum atomic E-state index is 5.51. The second-order valence-electron chi connectivity index (χ2n) is 8.44. The van der Waals surface area contributed by atoms with Crippen molar-refractivity contribution in [1.29, 1.82) is 0 Å². The van der Waals surface area contributed by atoms with Crippen molar-refractivity contribution in [3.63, 3.8) is 0 Å². The van der Waals surface area contributed by atoms with Crippen LogP contribution < -0.4 is 20.1 Å². The highest BCUT2D eigenvalue weighted by Gasteiger charge is 2.22. The van der Waals surface area contributed by atoms with Crippen molar-refractivity contribution in [3.05, 3.63) is 12.1 Å². The van der Waals surface area contributed by atoms with E-state index in [4.69, 9.17) is 19.4 Å². The second-order valence-corrected chi connectivity index (χ2v) is 8.44. The van der Waals surface area contributed by atoms with Crippen LogP contribution >= 0.6 is 0 Å². The predicted octanol–water partition coefficient (Wildman–Crippen LogP) is 4.00. The quantitative estimate of drug-likeness (QED) is 0.693. The van der Waals surface area contributed by atoms with Gasteiger partial charge in [0.2, 0.25) is 5.95 Å². The molecule has 160 valence electrons. The van der Waals surface area contributed by atoms with Crippen molar-refractivity contribution in [3.8, 4) is 11.5 Å². The number of methoxy groups -OCH3 is 2. The molecule has 7 heteroatoms. The van der Waals surface area contributed by atoms with Gasteiger partial charge in [-0.2, -0.15) is 4.98 Å². The minimum Gasteiger partial charge on any atom is -0.493 e. The number of ether oxygens (including phenoxy) is 2. The van der Waals surface area contributed by atoms with Gasteiger partial charge in [0, 0.05) is 43.2 Å². The van der Waals surface area contributed by atoms with E-state index in [2.05, 4.69) is 43.2 Å². The van der Waals surface area contributed by atoms with Crippen molar-refractivity contribution >= 4 is 22.7 Å². The summed E-state index contributed by atoms with van der Waals surface area (Å²) in [6.07, 6.45) is 2.21. The molecule has 0 aliphatic carbocycles. The highest BCUT2D eigenvalue weighted by molar-refractivity contribution is 5.92. The zero-order chi connectivity index (χ0) is 21.0. The summed E-state index contributed by atoms with van der Waals surface area (Å²) in [5.74, 6) is 3.36. The van der Waals surface area contributed by atoms with Crippen LogP contribution in [0.3, 0.4) is 0 Å². The molecule has 2 N–H and O–H groups in total. The number of anilines is 2. The Morgan fingerprint density at radius 3 is 2.28 bits per heavy atom. The van der Waals surface area contributed by atoms with Crippen molar-refractivity contribution in [1.82, 2.24) is 14.9 Å². The molecule has 0 atom stereocenters. The lowest BCUT2D eigenvalue weighted by Crippen LogP contribution is -2.42. The first-order valence-corrected chi connectivity index (χ1v) is 10.6. The number of nitrogens with zero attached hydrogens (tertiary/aromatic N) is 3. The standard InChI is InChI=1S/C22H35N5O2/c1-14(2)13-23-22-25-18-12-20(29-6)19(28-5)11-17(18)21(26-22)24-16-7-9-27(10-8-16)15(3)4/h11-12,14-16H,7-10,13H2,1-6H3,(H2,23,24,25,26). The third kappa shape index (κ3) is 5.21. The molecule has 1 fully saturated rings. The fourth-order valence-corrected chi connectivity index (χ4v) is 3.69. The highest BCUT2D eigenvalue weighted by atomic mass is 16.5. The number of piperidine rings is 1. The number of nitrogens with one attached hydrogen (secondary N) is 2. The van der Waals surface area contributed by atoms with Gasteiger partial charge in [0.15, 0.2) is 11.5 Å². The SMILES string of the molecule is COc1cc2nc(NCC(C)C)nc(NC3CCN(C(C)C)CC3)c2cc1OC. The van der Waals surface area contributed by atoms with E-state index >= 15 is 0 Å². The molecule has 1 saturated heterocycles. The minimum atomic E-state index is 0.397. The van der Waals surface area contributed by atoms with Crippen LogP contribution in [0.25, 0.3) is 10.9 Å². The van der Waals surface area contributed by atoms with Crippen molar-refractivity contribution in [2.45, 2.75) is 52.6 Å². The van der Waals surface area contributed by atoms with Gasteiger partial charge in [-0.25, -0.2) is 4.98 Å². The number of hydrogen-bond acceptors (Lipinski definition) is 7. The molecule has 3 rings (SSSR count). The summed E-state index contributed by atoms with van der Waals surface area (Å²) in [4.78, 5) is 12.1. The predicted molar refractivity (Wildman–Crippen MR) is 119 cm³/mol. The average Bonchev–Trinajstić information content (AvgIpc) is 2.71. The third-order valence-corrected chi connectivity index (χ3v) is 5.47. The Labute approximate surface area is 174 Å². The molecular weight excluding hydrogens is 366 g/mol. The number of hydrogen-bond donors (Lipinski definition) is 2. The first-order chi connectivity index (χ1) is 13.9. The Morgan fingerprint density at radius 2 is 1.69 bits per heavy atom. The molecule has 2 aromatic rings. The largest absolute Gasteiger partial charge is 0.493 e. The fraction of sp³-hybridized carbons (Fsp3) is 0.636. The van der Waals surface area contributed by atoms with Gasteiger partial charge in [-0.3, -0.25) is 0 Å². The molecule has 29 heavy (non-hydrogen) atoms. The maximum Gasteiger partial charge on any atom is 0.225 e. The lowest BCUT2D eigenvalue weighted by Gasteiger charge is -2.35. The first-order valence-electron chi connectivity index (χ1n) is 10.6. The van der Waals surface area contributed by atoms with Gasteiger partial charge in [0.25, 0.3) is 0 Å². The van der Waals surface area contributed by atoms with Crippen LogP contribution in [-0.2, 0) is 0 Å². The molecule has 0 radical (unpaired) electrons. The van der Waals surface area contributed by atoms with Gasteiger partial charge in [0.1, 0.15) is 5.82 Å². The van der Waals surface area contributed by atoms with Crippen molar-refractivity contribution in [2.24, 2.45) is 5.92 Å². The monoisotopic (exact) mass is 401 g/mol. The van der Waals surface area contributed by atoms with E-state index in [0.717, 1.165) is 49.2 Å². The van der Waals surface area contributed by atoms with E-state index in [0.29, 0.717) is 35.4 Å². The molecule has 0 unspecified atom stereocenters. The molecule has 1 aliphatic rings. The van der Waals surface area contributed by atoms with E-state index in [1.807, 2.05) is 12.1 Å². The Kier molecular flexibility index (Phi) is 7.00. The van der Waals surface area contributed by atoms with Crippen LogP contribution in [-0.4, -0.2) is 60.8 Å². The van der Waals surface area contributed by atoms with E-state index in [9.17, 15) is 0 Å². The van der Waals surface area contributed by atoms with Gasteiger partial charge in [-0.05, 0) is 38.7 Å². The third-order valence-electron chi connectivity index (χ3n) is 5.47. The molecule has 1 aliphatic heterocycles. The van der Waals surface area contributed by atoms with E-state index < -0.39 is 0 Å². The number of likely N-dealkylation sites (tertiary alicyclic amines) is 1. The molecule has 1 aromatic carbocycles. The first kappa shape index (κ1) is 21.4. The Bertz CT molecular complexity index is 816. The fourth-order valence-electron chi connectivity index (χ4n) is 3.69. The van der Waals surface area contributed by atoms with Crippen LogP contribution in [0.1, 0.15) is 40.5 Å². The molecule has 2 heterocycles. The molecule has 1 aromatic heterocycles. The Morgan fingerprint density at radius 1 is 1.03 bits per heavy atom. The lowest BCUT2D eigenvalue weighted by atomic mass is 10.0. The van der Waals surface area contributed by atoms with Crippen molar-refractivity contribution < 1.29 is 9.47 Å². The molecule has 0 spiro atoms. The van der Waals surface area contributed by atoms with E-state index in [1.54, 1.807) is 14.2 Å². The number of aromatic nitrogens is 2. The second kappa shape index (κ2) is 9.48. The highest BCUT2D eigenvalue weighted by Crippen LogP contribution is 2.35. The lowest BCUT2D eigenvalue weighted by molar-refractivity contribution is 0.177. The molecule has 0 saturated carbocycles. The van der Waals surface area contributed by atoms with Gasteiger partial charge >= 0.3 is 0 Å². The van der Waals surface area contributed by atoms with Gasteiger partial charge < -0.3 is 25.0 Å². The van der Waals surface area contributed by atoms with Crippen LogP contribution in [0.5, 0.6) is 11.5 Å². The normalized spacial score (nSPS) is 15.9. The van der Waals surface area contributed by atoms with Crippen LogP contribution in [0.15, 0.2) is 12.1 Å². The zero-order valence-electron chi connectivity index (χ0n) is 18.6. The summed E-state index contributed by atoms with van der Waals surface area (Å²) in [6, 6.07) is 4.88. The molecule has 7 nitrogen and oxygen atoms in total. The zero-order valence-corrected chi connectivity index (χ0v) is 18.6. The summed E-state index contributed by atoms with van der Waals surface area (Å²) in [7, 11) is 3.29. The van der Waals surface area contributed by atoms with Gasteiger partial charge in [-0.15, -0.1) is 0 Å². The number of rotatable bonds is 8. The summed E-state index contributed by atoms with van der Waals surface area (Å²) >= 11 is 0. The minimum absolute atomic E-state index is 0.397. The van der Waals surface area contributed by atoms with Crippen LogP contribution in [0.4, 0.5) is 11.8 Å². The van der Waals surface area contributed by atoms with Crippen molar-refractivity contribution in [2.75, 3.05) is 44.5 Å². The van der Waals surface area contributed by atoms with Crippen LogP contribution in [0, 0.1) is 5.92 Å².